The smallest absolute Gasteiger partial charge is 0.252 e. The molecule has 0 bridgehead atoms. The fraction of sp³-hybridized carbons (Fsp3) is 0.125. The predicted molar refractivity (Wildman–Crippen MR) is 221 cm³/mol. The summed E-state index contributed by atoms with van der Waals surface area (Å²) in [4.78, 5) is 7.44. The Morgan fingerprint density at radius 3 is 1.55 bits per heavy atom. The molecule has 0 radical (unpaired) electrons. The highest BCUT2D eigenvalue weighted by atomic mass is 16.5. The molecule has 0 saturated heterocycles. The topological polar surface area (TPSA) is 19.0 Å². The summed E-state index contributed by atoms with van der Waals surface area (Å²) in [6.45, 7) is 0.0398. The fourth-order valence-corrected chi connectivity index (χ4v) is 9.46. The molecule has 3 aliphatic heterocycles. The van der Waals surface area contributed by atoms with E-state index in [9.17, 15) is 0 Å². The largest absolute Gasteiger partial charge is 0.453 e. The van der Waals surface area contributed by atoms with Gasteiger partial charge in [-0.25, -0.2) is 0 Å². The van der Waals surface area contributed by atoms with Gasteiger partial charge in [0.05, 0.1) is 11.4 Å². The third-order valence-corrected chi connectivity index (χ3v) is 11.8. The van der Waals surface area contributed by atoms with Crippen molar-refractivity contribution in [3.05, 3.63) is 169 Å². The standard InChI is InChI=1S/C48H38BN3O/c1-4-16-33(17-5-1)34-30-44-48-45(31-34)51(36-20-8-3-9-21-36)41-29-28-37(52-42-24-12-14-26-46(42)53-47-27-15-13-25-43(47)52)32-39(41)49(48)38-22-10-11-23-40(38)50(44)35-18-6-2-7-19-35/h2-3,6-15,18-33H,1,4-5,16-17H2. The normalized spacial score (nSPS) is 15.5. The highest BCUT2D eigenvalue weighted by Gasteiger charge is 2.44. The van der Waals surface area contributed by atoms with Crippen LogP contribution in [0.25, 0.3) is 0 Å². The Morgan fingerprint density at radius 2 is 0.925 bits per heavy atom. The summed E-state index contributed by atoms with van der Waals surface area (Å²) in [7, 11) is 0. The van der Waals surface area contributed by atoms with Crippen molar-refractivity contribution in [2.45, 2.75) is 38.0 Å². The molecule has 4 nitrogen and oxygen atoms in total. The van der Waals surface area contributed by atoms with E-state index in [0.717, 1.165) is 28.6 Å². The summed E-state index contributed by atoms with van der Waals surface area (Å²) >= 11 is 0. The summed E-state index contributed by atoms with van der Waals surface area (Å²) in [5.74, 6) is 2.28. The Labute approximate surface area is 311 Å². The van der Waals surface area contributed by atoms with Gasteiger partial charge in [-0.2, -0.15) is 0 Å². The first-order chi connectivity index (χ1) is 26.3. The van der Waals surface area contributed by atoms with E-state index >= 15 is 0 Å². The third-order valence-electron chi connectivity index (χ3n) is 11.8. The molecule has 5 heteroatoms. The first-order valence-corrected chi connectivity index (χ1v) is 19.1. The van der Waals surface area contributed by atoms with Crippen LogP contribution in [0.2, 0.25) is 0 Å². The molecule has 0 spiro atoms. The average Bonchev–Trinajstić information content (AvgIpc) is 3.23. The Bertz CT molecular complexity index is 2450. The number of rotatable bonds is 4. The summed E-state index contributed by atoms with van der Waals surface area (Å²) in [6.07, 6.45) is 6.43. The molecule has 7 aromatic carbocycles. The number of hydrogen-bond acceptors (Lipinski definition) is 4. The highest BCUT2D eigenvalue weighted by Crippen LogP contribution is 2.52. The van der Waals surface area contributed by atoms with Gasteiger partial charge in [-0.3, -0.25) is 0 Å². The number of fused-ring (bicyclic) bond motifs is 6. The van der Waals surface area contributed by atoms with Crippen LogP contribution in [0.5, 0.6) is 11.5 Å². The molecule has 0 aromatic heterocycles. The van der Waals surface area contributed by atoms with Crippen molar-refractivity contribution < 1.29 is 4.74 Å². The lowest BCUT2D eigenvalue weighted by molar-refractivity contribution is 0.444. The van der Waals surface area contributed by atoms with E-state index in [1.54, 1.807) is 0 Å². The van der Waals surface area contributed by atoms with E-state index in [1.807, 2.05) is 12.1 Å². The van der Waals surface area contributed by atoms with Gasteiger partial charge in [0, 0.05) is 39.8 Å². The Kier molecular flexibility index (Phi) is 7.01. The van der Waals surface area contributed by atoms with Crippen LogP contribution in [0.1, 0.15) is 43.6 Å². The molecule has 7 aromatic rings. The van der Waals surface area contributed by atoms with E-state index in [1.165, 1.54) is 88.2 Å². The van der Waals surface area contributed by atoms with Crippen molar-refractivity contribution in [2.75, 3.05) is 14.7 Å². The van der Waals surface area contributed by atoms with E-state index in [4.69, 9.17) is 4.74 Å². The van der Waals surface area contributed by atoms with Crippen molar-refractivity contribution in [3.63, 3.8) is 0 Å². The number of benzene rings is 7. The summed E-state index contributed by atoms with van der Waals surface area (Å²) in [5.41, 5.74) is 16.1. The van der Waals surface area contributed by atoms with Crippen molar-refractivity contribution in [2.24, 2.45) is 0 Å². The second kappa shape index (κ2) is 12.2. The Balaban J connectivity index is 1.20. The van der Waals surface area contributed by atoms with Crippen LogP contribution in [0.15, 0.2) is 164 Å². The number of ether oxygens (including phenoxy) is 1. The lowest BCUT2D eigenvalue weighted by Crippen LogP contribution is -2.61. The minimum atomic E-state index is 0.0398. The van der Waals surface area contributed by atoms with Crippen LogP contribution in [-0.4, -0.2) is 6.71 Å². The molecule has 254 valence electrons. The molecule has 0 unspecified atom stereocenters. The quantitative estimate of drug-likeness (QED) is 0.172. The van der Waals surface area contributed by atoms with Crippen LogP contribution in [0, 0.1) is 0 Å². The Morgan fingerprint density at radius 1 is 0.415 bits per heavy atom. The zero-order chi connectivity index (χ0) is 34.9. The monoisotopic (exact) mass is 683 g/mol. The zero-order valence-electron chi connectivity index (χ0n) is 29.5. The minimum absolute atomic E-state index is 0.0398. The molecule has 53 heavy (non-hydrogen) atoms. The maximum atomic E-state index is 6.44. The third kappa shape index (κ3) is 4.77. The van der Waals surface area contributed by atoms with E-state index in [2.05, 4.69) is 166 Å². The van der Waals surface area contributed by atoms with Crippen LogP contribution >= 0.6 is 0 Å². The number of para-hydroxylation sites is 7. The highest BCUT2D eigenvalue weighted by molar-refractivity contribution is 7.00. The molecule has 3 heterocycles. The van der Waals surface area contributed by atoms with Gasteiger partial charge in [-0.1, -0.05) is 98.1 Å². The molecule has 0 amide bonds. The summed E-state index contributed by atoms with van der Waals surface area (Å²) in [5, 5.41) is 0. The van der Waals surface area contributed by atoms with Gasteiger partial charge in [0.25, 0.3) is 6.71 Å². The maximum Gasteiger partial charge on any atom is 0.252 e. The van der Waals surface area contributed by atoms with Crippen LogP contribution in [0.4, 0.5) is 51.2 Å². The zero-order valence-corrected chi connectivity index (χ0v) is 29.5. The number of nitrogens with zero attached hydrogens (tertiary/aromatic N) is 3. The lowest BCUT2D eigenvalue weighted by Gasteiger charge is -2.45. The molecule has 1 aliphatic carbocycles. The molecule has 4 aliphatic rings. The maximum absolute atomic E-state index is 6.44. The molecular formula is C48H38BN3O. The SMILES string of the molecule is c1ccc(N2c3ccccc3B3c4cc(N5c6ccccc6Oc6ccccc65)ccc4N(c4ccccc4)c4cc(C5CCCCC5)cc2c43)cc1. The first kappa shape index (κ1) is 30.4. The molecule has 0 N–H and O–H groups in total. The molecular weight excluding hydrogens is 645 g/mol. The van der Waals surface area contributed by atoms with Crippen LogP contribution < -0.4 is 35.8 Å². The van der Waals surface area contributed by atoms with Crippen molar-refractivity contribution in [1.29, 1.82) is 0 Å². The van der Waals surface area contributed by atoms with Gasteiger partial charge >= 0.3 is 0 Å². The second-order valence-corrected chi connectivity index (χ2v) is 14.8. The summed E-state index contributed by atoms with van der Waals surface area (Å²) < 4.78 is 6.44. The molecule has 0 atom stereocenters. The molecule has 11 rings (SSSR count). The lowest BCUT2D eigenvalue weighted by atomic mass is 9.33. The van der Waals surface area contributed by atoms with Crippen LogP contribution in [-0.2, 0) is 0 Å². The number of anilines is 9. The molecule has 1 saturated carbocycles. The minimum Gasteiger partial charge on any atom is -0.453 e. The van der Waals surface area contributed by atoms with Crippen molar-refractivity contribution in [1.82, 2.24) is 0 Å². The molecule has 1 fully saturated rings. The Hall–Kier alpha value is -6.20. The fourth-order valence-electron chi connectivity index (χ4n) is 9.46. The van der Waals surface area contributed by atoms with Gasteiger partial charge in [0.15, 0.2) is 11.5 Å². The number of hydrogen-bond donors (Lipinski definition) is 0. The predicted octanol–water partition coefficient (Wildman–Crippen LogP) is 11.4. The van der Waals surface area contributed by atoms with Gasteiger partial charge in [-0.05, 0) is 126 Å². The van der Waals surface area contributed by atoms with Gasteiger partial charge in [0.1, 0.15) is 0 Å². The van der Waals surface area contributed by atoms with E-state index in [-0.39, 0.29) is 6.71 Å². The van der Waals surface area contributed by atoms with Crippen molar-refractivity contribution in [3.8, 4) is 11.5 Å². The van der Waals surface area contributed by atoms with Gasteiger partial charge in [0.2, 0.25) is 0 Å². The first-order valence-electron chi connectivity index (χ1n) is 19.1. The van der Waals surface area contributed by atoms with Gasteiger partial charge < -0.3 is 19.4 Å². The van der Waals surface area contributed by atoms with Crippen molar-refractivity contribution >= 4 is 74.3 Å². The summed E-state index contributed by atoms with van der Waals surface area (Å²) in [6, 6.07) is 60.0. The van der Waals surface area contributed by atoms with E-state index in [0.29, 0.717) is 5.92 Å². The van der Waals surface area contributed by atoms with Gasteiger partial charge in [-0.15, -0.1) is 0 Å². The average molecular weight is 684 g/mol. The van der Waals surface area contributed by atoms with E-state index < -0.39 is 0 Å². The second-order valence-electron chi connectivity index (χ2n) is 14.8. The van der Waals surface area contributed by atoms with Crippen LogP contribution in [0.3, 0.4) is 0 Å².